The minimum absolute atomic E-state index is 0.00711. The van der Waals surface area contributed by atoms with Crippen molar-refractivity contribution < 1.29 is 14.3 Å². The highest BCUT2D eigenvalue weighted by atomic mass is 16.7. The van der Waals surface area contributed by atoms with Crippen molar-refractivity contribution in [3.63, 3.8) is 0 Å². The number of hydrogen-bond donors (Lipinski definition) is 1. The highest BCUT2D eigenvalue weighted by Crippen LogP contribution is 2.41. The normalized spacial score (nSPS) is 40.4. The molecule has 4 heteroatoms. The van der Waals surface area contributed by atoms with Crippen molar-refractivity contribution >= 4 is 0 Å². The van der Waals surface area contributed by atoms with Crippen LogP contribution in [-0.2, 0) is 14.3 Å². The molecule has 1 N–H and O–H groups in total. The summed E-state index contributed by atoms with van der Waals surface area (Å²) < 4.78 is 11.4. The van der Waals surface area contributed by atoms with Gasteiger partial charge in [0.2, 0.25) is 0 Å². The summed E-state index contributed by atoms with van der Waals surface area (Å²) in [5, 5.41) is 0. The molecule has 3 atom stereocenters. The largest absolute Gasteiger partial charge is 0.353 e. The Morgan fingerprint density at radius 2 is 2.33 bits per heavy atom. The molecule has 2 rings (SSSR count). The molecule has 1 aliphatic carbocycles. The summed E-state index contributed by atoms with van der Waals surface area (Å²) in [5.74, 6) is 0. The van der Waals surface area contributed by atoms with E-state index in [-0.39, 0.29) is 17.9 Å². The van der Waals surface area contributed by atoms with Gasteiger partial charge in [-0.3, -0.25) is 0 Å². The van der Waals surface area contributed by atoms with E-state index >= 15 is 0 Å². The van der Waals surface area contributed by atoms with Crippen LogP contribution in [0.1, 0.15) is 39.0 Å². The molecule has 1 saturated heterocycles. The first-order chi connectivity index (χ1) is 7.30. The average molecular weight is 215 g/mol. The molecule has 88 valence electrons. The fraction of sp³-hybridized carbons (Fsp3) is 1.00. The molecule has 0 unspecified atom stereocenters. The third kappa shape index (κ3) is 2.18. The Balaban J connectivity index is 2.02. The molecule has 4 nitrogen and oxygen atoms in total. The van der Waals surface area contributed by atoms with Crippen LogP contribution in [0, 0.1) is 0 Å². The molecule has 0 aromatic rings. The summed E-state index contributed by atoms with van der Waals surface area (Å²) in [7, 11) is 1.68. The minimum atomic E-state index is -0.0549. The van der Waals surface area contributed by atoms with E-state index in [0.717, 1.165) is 19.3 Å². The fourth-order valence-corrected chi connectivity index (χ4v) is 2.81. The molecule has 0 aromatic carbocycles. The lowest BCUT2D eigenvalue weighted by molar-refractivity contribution is -0.138. The summed E-state index contributed by atoms with van der Waals surface area (Å²) in [5.41, 5.74) is 3.14. The number of ether oxygens (including phenoxy) is 2. The van der Waals surface area contributed by atoms with Gasteiger partial charge in [-0.05, 0) is 19.8 Å². The third-order valence-corrected chi connectivity index (χ3v) is 3.46. The van der Waals surface area contributed by atoms with Gasteiger partial charge in [-0.25, -0.2) is 0 Å². The summed E-state index contributed by atoms with van der Waals surface area (Å²) in [6, 6.07) is 0. The summed E-state index contributed by atoms with van der Waals surface area (Å²) in [4.78, 5) is 5.13. The van der Waals surface area contributed by atoms with Crippen molar-refractivity contribution in [2.75, 3.05) is 13.7 Å². The molecule has 1 saturated carbocycles. The molecule has 15 heavy (non-hydrogen) atoms. The van der Waals surface area contributed by atoms with Crippen LogP contribution < -0.4 is 5.48 Å². The van der Waals surface area contributed by atoms with E-state index in [4.69, 9.17) is 14.3 Å². The number of hydrogen-bond acceptors (Lipinski definition) is 4. The van der Waals surface area contributed by atoms with Crippen molar-refractivity contribution in [2.24, 2.45) is 0 Å². The molecular weight excluding hydrogens is 194 g/mol. The quantitative estimate of drug-likeness (QED) is 0.723. The first kappa shape index (κ1) is 11.3. The smallest absolute Gasteiger partial charge is 0.159 e. The number of hydroxylamine groups is 1. The molecular formula is C11H21NO3. The monoisotopic (exact) mass is 215 g/mol. The van der Waals surface area contributed by atoms with Crippen LogP contribution in [0.3, 0.4) is 0 Å². The van der Waals surface area contributed by atoms with E-state index in [9.17, 15) is 0 Å². The maximum absolute atomic E-state index is 5.90. The predicted octanol–water partition coefficient (Wildman–Crippen LogP) is 1.60. The maximum atomic E-state index is 5.90. The van der Waals surface area contributed by atoms with Crippen molar-refractivity contribution in [2.45, 2.75) is 57.0 Å². The van der Waals surface area contributed by atoms with Gasteiger partial charge in [0.1, 0.15) is 0 Å². The van der Waals surface area contributed by atoms with Gasteiger partial charge < -0.3 is 14.3 Å². The average Bonchev–Trinajstić information content (AvgIpc) is 2.56. The number of rotatable bonds is 4. The zero-order valence-corrected chi connectivity index (χ0v) is 9.62. The molecule has 0 spiro atoms. The Hall–Kier alpha value is -0.160. The lowest BCUT2D eigenvalue weighted by atomic mass is 9.79. The van der Waals surface area contributed by atoms with Crippen molar-refractivity contribution in [1.82, 2.24) is 5.48 Å². The second-order valence-corrected chi connectivity index (χ2v) is 4.42. The van der Waals surface area contributed by atoms with E-state index < -0.39 is 0 Å². The number of fused-ring (bicyclic) bond motifs is 1. The van der Waals surface area contributed by atoms with E-state index in [1.165, 1.54) is 12.8 Å². The first-order valence-electron chi connectivity index (χ1n) is 5.88. The Labute approximate surface area is 91.2 Å². The second kappa shape index (κ2) is 4.78. The minimum Gasteiger partial charge on any atom is -0.353 e. The van der Waals surface area contributed by atoms with Gasteiger partial charge in [-0.1, -0.05) is 12.8 Å². The molecule has 2 aliphatic rings. The van der Waals surface area contributed by atoms with Gasteiger partial charge in [-0.15, -0.1) is 0 Å². The van der Waals surface area contributed by atoms with Gasteiger partial charge in [0.05, 0.1) is 18.8 Å². The van der Waals surface area contributed by atoms with E-state index in [0.29, 0.717) is 6.61 Å². The zero-order valence-electron chi connectivity index (χ0n) is 9.62. The van der Waals surface area contributed by atoms with Crippen LogP contribution in [-0.4, -0.2) is 31.6 Å². The molecule has 0 bridgehead atoms. The lowest BCUT2D eigenvalue weighted by Crippen LogP contribution is -2.52. The highest BCUT2D eigenvalue weighted by molar-refractivity contribution is 5.01. The van der Waals surface area contributed by atoms with Crippen LogP contribution in [0.15, 0.2) is 0 Å². The van der Waals surface area contributed by atoms with Crippen LogP contribution in [0.2, 0.25) is 0 Å². The standard InChI is InChI=1S/C11H21NO3/c1-3-14-10-8-11(12-13-2)7-5-4-6-9(11)15-10/h9-10,12H,3-8H2,1-2H3/t9-,10+,11+/m1/s1. The molecule has 2 fully saturated rings. The van der Waals surface area contributed by atoms with Gasteiger partial charge in [0.15, 0.2) is 6.29 Å². The molecule has 1 heterocycles. The summed E-state index contributed by atoms with van der Waals surface area (Å²) in [6.07, 6.45) is 5.82. The Morgan fingerprint density at radius 3 is 3.07 bits per heavy atom. The predicted molar refractivity (Wildman–Crippen MR) is 56.2 cm³/mol. The van der Waals surface area contributed by atoms with E-state index in [1.807, 2.05) is 6.92 Å². The fourth-order valence-electron chi connectivity index (χ4n) is 2.81. The summed E-state index contributed by atoms with van der Waals surface area (Å²) in [6.45, 7) is 2.71. The molecule has 1 aliphatic heterocycles. The van der Waals surface area contributed by atoms with E-state index in [2.05, 4.69) is 5.48 Å². The highest BCUT2D eigenvalue weighted by Gasteiger charge is 2.50. The third-order valence-electron chi connectivity index (χ3n) is 3.46. The van der Waals surface area contributed by atoms with Crippen LogP contribution >= 0.6 is 0 Å². The number of nitrogens with one attached hydrogen (secondary N) is 1. The summed E-state index contributed by atoms with van der Waals surface area (Å²) >= 11 is 0. The zero-order chi connectivity index (χ0) is 10.7. The van der Waals surface area contributed by atoms with Gasteiger partial charge in [0.25, 0.3) is 0 Å². The first-order valence-corrected chi connectivity index (χ1v) is 5.88. The molecule has 0 radical (unpaired) electrons. The molecule has 0 amide bonds. The Bertz CT molecular complexity index is 208. The van der Waals surface area contributed by atoms with Crippen molar-refractivity contribution in [1.29, 1.82) is 0 Å². The van der Waals surface area contributed by atoms with Crippen LogP contribution in [0.5, 0.6) is 0 Å². The van der Waals surface area contributed by atoms with Gasteiger partial charge in [-0.2, -0.15) is 5.48 Å². The van der Waals surface area contributed by atoms with E-state index in [1.54, 1.807) is 7.11 Å². The van der Waals surface area contributed by atoms with Gasteiger partial charge >= 0.3 is 0 Å². The Kier molecular flexibility index (Phi) is 3.61. The maximum Gasteiger partial charge on any atom is 0.159 e. The molecule has 0 aromatic heterocycles. The van der Waals surface area contributed by atoms with Crippen LogP contribution in [0.4, 0.5) is 0 Å². The Morgan fingerprint density at radius 1 is 1.47 bits per heavy atom. The van der Waals surface area contributed by atoms with Crippen molar-refractivity contribution in [3.8, 4) is 0 Å². The topological polar surface area (TPSA) is 39.7 Å². The van der Waals surface area contributed by atoms with Crippen molar-refractivity contribution in [3.05, 3.63) is 0 Å². The van der Waals surface area contributed by atoms with Gasteiger partial charge in [0, 0.05) is 13.0 Å². The SMILES string of the molecule is CCO[C@@H]1C[C@@]2(NOC)CCCC[C@H]2O1. The van der Waals surface area contributed by atoms with Crippen LogP contribution in [0.25, 0.3) is 0 Å². The lowest BCUT2D eigenvalue weighted by Gasteiger charge is -2.37. The second-order valence-electron chi connectivity index (χ2n) is 4.42.